The molecule has 1 heterocycles. The summed E-state index contributed by atoms with van der Waals surface area (Å²) in [6.07, 6.45) is 0. The predicted molar refractivity (Wildman–Crippen MR) is 61.7 cm³/mol. The van der Waals surface area contributed by atoms with Crippen molar-refractivity contribution < 1.29 is 19.6 Å². The van der Waals surface area contributed by atoms with Gasteiger partial charge >= 0.3 is 5.97 Å². The van der Waals surface area contributed by atoms with E-state index in [1.54, 1.807) is 30.3 Å². The van der Waals surface area contributed by atoms with Crippen LogP contribution >= 0.6 is 0 Å². The number of nitrogens with zero attached hydrogens (tertiary/aromatic N) is 1. The van der Waals surface area contributed by atoms with Crippen LogP contribution in [0.2, 0.25) is 0 Å². The Morgan fingerprint density at radius 1 is 1.39 bits per heavy atom. The zero-order chi connectivity index (χ0) is 13.1. The standard InChI is InChI=1S/C12H11NO5/c14-10-7-18-12(15)11(10)9(6-13(16)17)8-4-2-1-3-5-8/h1-5,9,14H,6-7H2. The van der Waals surface area contributed by atoms with Crippen molar-refractivity contribution in [1.29, 1.82) is 0 Å². The monoisotopic (exact) mass is 249 g/mol. The maximum absolute atomic E-state index is 11.5. The minimum absolute atomic E-state index is 0.0158. The van der Waals surface area contributed by atoms with Gasteiger partial charge in [0.15, 0.2) is 0 Å². The Bertz CT molecular complexity index is 508. The number of cyclic esters (lactones) is 1. The van der Waals surface area contributed by atoms with E-state index < -0.39 is 23.4 Å². The summed E-state index contributed by atoms with van der Waals surface area (Å²) in [6, 6.07) is 8.58. The van der Waals surface area contributed by atoms with E-state index in [1.807, 2.05) is 0 Å². The third-order valence-electron chi connectivity index (χ3n) is 2.75. The van der Waals surface area contributed by atoms with Gasteiger partial charge in [0, 0.05) is 4.92 Å². The summed E-state index contributed by atoms with van der Waals surface area (Å²) in [5, 5.41) is 20.3. The van der Waals surface area contributed by atoms with Gasteiger partial charge in [-0.3, -0.25) is 10.1 Å². The Hall–Kier alpha value is -2.37. The van der Waals surface area contributed by atoms with Crippen LogP contribution < -0.4 is 0 Å². The predicted octanol–water partition coefficient (Wildman–Crippen LogP) is 1.42. The van der Waals surface area contributed by atoms with Crippen molar-refractivity contribution in [2.45, 2.75) is 5.92 Å². The van der Waals surface area contributed by atoms with Crippen LogP contribution in [0.5, 0.6) is 0 Å². The molecule has 2 rings (SSSR count). The van der Waals surface area contributed by atoms with E-state index in [2.05, 4.69) is 4.74 Å². The zero-order valence-corrected chi connectivity index (χ0v) is 9.41. The lowest BCUT2D eigenvalue weighted by atomic mass is 9.91. The largest absolute Gasteiger partial charge is 0.508 e. The molecule has 1 N–H and O–H groups in total. The van der Waals surface area contributed by atoms with Crippen LogP contribution in [0.3, 0.4) is 0 Å². The molecule has 1 unspecified atom stereocenters. The molecule has 94 valence electrons. The van der Waals surface area contributed by atoms with Crippen LogP contribution in [0.15, 0.2) is 41.7 Å². The number of carbonyl (C=O) groups is 1. The summed E-state index contributed by atoms with van der Waals surface area (Å²) in [4.78, 5) is 21.7. The molecule has 1 aromatic rings. The number of carbonyl (C=O) groups excluding carboxylic acids is 1. The van der Waals surface area contributed by atoms with Gasteiger partial charge in [0.1, 0.15) is 12.4 Å². The first-order chi connectivity index (χ1) is 8.59. The summed E-state index contributed by atoms with van der Waals surface area (Å²) >= 11 is 0. The first-order valence-corrected chi connectivity index (χ1v) is 5.35. The molecule has 18 heavy (non-hydrogen) atoms. The molecular formula is C12H11NO5. The molecule has 1 atom stereocenters. The van der Waals surface area contributed by atoms with Gasteiger partial charge in [-0.05, 0) is 5.56 Å². The molecule has 0 saturated carbocycles. The minimum atomic E-state index is -0.781. The van der Waals surface area contributed by atoms with Crippen LogP contribution in [0.4, 0.5) is 0 Å². The fourth-order valence-corrected chi connectivity index (χ4v) is 1.95. The van der Waals surface area contributed by atoms with E-state index in [0.29, 0.717) is 5.56 Å². The first kappa shape index (κ1) is 12.1. The van der Waals surface area contributed by atoms with E-state index in [9.17, 15) is 20.0 Å². The molecule has 0 bridgehead atoms. The van der Waals surface area contributed by atoms with Gasteiger partial charge in [-0.15, -0.1) is 0 Å². The average Bonchev–Trinajstić information content (AvgIpc) is 2.67. The van der Waals surface area contributed by atoms with Gasteiger partial charge in [-0.1, -0.05) is 30.3 Å². The molecule has 0 aromatic heterocycles. The maximum Gasteiger partial charge on any atom is 0.338 e. The Kier molecular flexibility index (Phi) is 3.27. The van der Waals surface area contributed by atoms with Crippen molar-refractivity contribution in [3.63, 3.8) is 0 Å². The van der Waals surface area contributed by atoms with Gasteiger partial charge in [0.25, 0.3) is 0 Å². The molecule has 1 aliphatic rings. The molecule has 6 nitrogen and oxygen atoms in total. The second-order valence-corrected chi connectivity index (χ2v) is 3.92. The van der Waals surface area contributed by atoms with Crippen molar-refractivity contribution in [2.24, 2.45) is 0 Å². The number of aliphatic hydroxyl groups is 1. The molecule has 0 fully saturated rings. The lowest BCUT2D eigenvalue weighted by Crippen LogP contribution is -2.19. The molecule has 0 amide bonds. The minimum Gasteiger partial charge on any atom is -0.508 e. The van der Waals surface area contributed by atoms with Gasteiger partial charge in [-0.2, -0.15) is 0 Å². The quantitative estimate of drug-likeness (QED) is 0.495. The third kappa shape index (κ3) is 2.32. The normalized spacial score (nSPS) is 16.6. The van der Waals surface area contributed by atoms with Gasteiger partial charge in [-0.25, -0.2) is 4.79 Å². The SMILES string of the molecule is O=C1OCC(O)=C1C(C[N+](=O)[O-])c1ccccc1. The Labute approximate surface area is 103 Å². The van der Waals surface area contributed by atoms with Gasteiger partial charge in [0.2, 0.25) is 6.54 Å². The number of ether oxygens (including phenoxy) is 1. The van der Waals surface area contributed by atoms with Crippen LogP contribution in [-0.4, -0.2) is 29.2 Å². The lowest BCUT2D eigenvalue weighted by molar-refractivity contribution is -0.481. The van der Waals surface area contributed by atoms with Gasteiger partial charge < -0.3 is 9.84 Å². The first-order valence-electron chi connectivity index (χ1n) is 5.35. The summed E-state index contributed by atoms with van der Waals surface area (Å²) in [7, 11) is 0. The van der Waals surface area contributed by atoms with Crippen LogP contribution in [0.1, 0.15) is 11.5 Å². The zero-order valence-electron chi connectivity index (χ0n) is 9.41. The molecule has 0 saturated heterocycles. The highest BCUT2D eigenvalue weighted by Crippen LogP contribution is 2.30. The second kappa shape index (κ2) is 4.87. The summed E-state index contributed by atoms with van der Waals surface area (Å²) in [5.74, 6) is -1.70. The van der Waals surface area contributed by atoms with Crippen molar-refractivity contribution in [3.05, 3.63) is 57.3 Å². The fourth-order valence-electron chi connectivity index (χ4n) is 1.95. The van der Waals surface area contributed by atoms with E-state index in [1.165, 1.54) is 0 Å². The van der Waals surface area contributed by atoms with Crippen LogP contribution in [0, 0.1) is 10.1 Å². The Morgan fingerprint density at radius 2 is 2.06 bits per heavy atom. The van der Waals surface area contributed by atoms with E-state index in [4.69, 9.17) is 0 Å². The highest BCUT2D eigenvalue weighted by Gasteiger charge is 2.35. The number of aliphatic hydroxyl groups excluding tert-OH is 1. The van der Waals surface area contributed by atoms with E-state index in [0.717, 1.165) is 0 Å². The molecule has 1 aliphatic heterocycles. The number of benzene rings is 1. The summed E-state index contributed by atoms with van der Waals surface area (Å²) in [5.41, 5.74) is 0.590. The Balaban J connectivity index is 2.41. The molecule has 1 aromatic carbocycles. The van der Waals surface area contributed by atoms with Crippen molar-refractivity contribution in [1.82, 2.24) is 0 Å². The fraction of sp³-hybridized carbons (Fsp3) is 0.250. The lowest BCUT2D eigenvalue weighted by Gasteiger charge is -2.12. The van der Waals surface area contributed by atoms with Crippen molar-refractivity contribution in [3.8, 4) is 0 Å². The number of hydrogen-bond donors (Lipinski definition) is 1. The van der Waals surface area contributed by atoms with Crippen molar-refractivity contribution in [2.75, 3.05) is 13.2 Å². The molecule has 0 aliphatic carbocycles. The van der Waals surface area contributed by atoms with Crippen LogP contribution in [-0.2, 0) is 9.53 Å². The highest BCUT2D eigenvalue weighted by atomic mass is 16.6. The van der Waals surface area contributed by atoms with Crippen molar-refractivity contribution >= 4 is 5.97 Å². The Morgan fingerprint density at radius 3 is 2.56 bits per heavy atom. The van der Waals surface area contributed by atoms with E-state index >= 15 is 0 Å². The molecule has 6 heteroatoms. The summed E-state index contributed by atoms with van der Waals surface area (Å²) < 4.78 is 4.68. The number of rotatable bonds is 4. The molecule has 0 spiro atoms. The van der Waals surface area contributed by atoms with E-state index in [-0.39, 0.29) is 17.9 Å². The molecule has 0 radical (unpaired) electrons. The number of hydrogen-bond acceptors (Lipinski definition) is 5. The molecular weight excluding hydrogens is 238 g/mol. The summed E-state index contributed by atoms with van der Waals surface area (Å²) in [6.45, 7) is -0.673. The maximum atomic E-state index is 11.5. The highest BCUT2D eigenvalue weighted by molar-refractivity contribution is 5.93. The van der Waals surface area contributed by atoms with Gasteiger partial charge in [0.05, 0.1) is 11.5 Å². The topological polar surface area (TPSA) is 89.7 Å². The third-order valence-corrected chi connectivity index (χ3v) is 2.75. The second-order valence-electron chi connectivity index (χ2n) is 3.92. The van der Waals surface area contributed by atoms with Crippen LogP contribution in [0.25, 0.3) is 0 Å². The average molecular weight is 249 g/mol. The number of nitro groups is 1. The number of esters is 1. The smallest absolute Gasteiger partial charge is 0.338 e.